The zero-order chi connectivity index (χ0) is 14.1. The molecule has 20 heavy (non-hydrogen) atoms. The number of phenols is 1. The summed E-state index contributed by atoms with van der Waals surface area (Å²) in [6, 6.07) is 10.9. The third-order valence-electron chi connectivity index (χ3n) is 2.91. The van der Waals surface area contributed by atoms with Crippen LogP contribution < -0.4 is 0 Å². The SMILES string of the molecule is Cc1ccc(O)c(-c2nc(-c3ccc(F)cc3)no2)c1. The second-order valence-corrected chi connectivity index (χ2v) is 4.45. The maximum Gasteiger partial charge on any atom is 0.262 e. The van der Waals surface area contributed by atoms with Gasteiger partial charge in [0.1, 0.15) is 11.6 Å². The summed E-state index contributed by atoms with van der Waals surface area (Å²) in [5, 5.41) is 13.7. The van der Waals surface area contributed by atoms with Gasteiger partial charge in [0.15, 0.2) is 0 Å². The summed E-state index contributed by atoms with van der Waals surface area (Å²) in [7, 11) is 0. The fraction of sp³-hybridized carbons (Fsp3) is 0.0667. The third kappa shape index (κ3) is 2.25. The minimum Gasteiger partial charge on any atom is -0.507 e. The summed E-state index contributed by atoms with van der Waals surface area (Å²) in [5.41, 5.74) is 2.10. The molecule has 1 heterocycles. The molecular formula is C15H11FN2O2. The Labute approximate surface area is 114 Å². The first kappa shape index (κ1) is 12.3. The average molecular weight is 270 g/mol. The lowest BCUT2D eigenvalue weighted by molar-refractivity contribution is 0.425. The number of phenolic OH excluding ortho intramolecular Hbond substituents is 1. The van der Waals surface area contributed by atoms with Crippen molar-refractivity contribution in [3.63, 3.8) is 0 Å². The van der Waals surface area contributed by atoms with Gasteiger partial charge >= 0.3 is 0 Å². The maximum atomic E-state index is 12.9. The summed E-state index contributed by atoms with van der Waals surface area (Å²) in [6.07, 6.45) is 0. The van der Waals surface area contributed by atoms with Crippen molar-refractivity contribution in [3.8, 4) is 28.6 Å². The van der Waals surface area contributed by atoms with E-state index >= 15 is 0 Å². The van der Waals surface area contributed by atoms with E-state index < -0.39 is 0 Å². The molecule has 5 heteroatoms. The molecule has 0 radical (unpaired) electrons. The Morgan fingerprint density at radius 3 is 2.60 bits per heavy atom. The van der Waals surface area contributed by atoms with Crippen molar-refractivity contribution in [1.82, 2.24) is 10.1 Å². The molecule has 1 aromatic heterocycles. The molecule has 0 aliphatic rings. The summed E-state index contributed by atoms with van der Waals surface area (Å²) in [6.45, 7) is 1.90. The number of hydrogen-bond acceptors (Lipinski definition) is 4. The minimum absolute atomic E-state index is 0.0740. The topological polar surface area (TPSA) is 59.2 Å². The van der Waals surface area contributed by atoms with Crippen molar-refractivity contribution < 1.29 is 14.0 Å². The second kappa shape index (κ2) is 4.77. The number of hydrogen-bond donors (Lipinski definition) is 1. The van der Waals surface area contributed by atoms with Gasteiger partial charge in [-0.05, 0) is 43.3 Å². The van der Waals surface area contributed by atoms with Gasteiger partial charge in [-0.1, -0.05) is 16.8 Å². The van der Waals surface area contributed by atoms with Gasteiger partial charge in [0, 0.05) is 5.56 Å². The van der Waals surface area contributed by atoms with Crippen molar-refractivity contribution in [3.05, 3.63) is 53.8 Å². The van der Waals surface area contributed by atoms with E-state index in [1.807, 2.05) is 6.92 Å². The quantitative estimate of drug-likeness (QED) is 0.773. The zero-order valence-corrected chi connectivity index (χ0v) is 10.7. The van der Waals surface area contributed by atoms with Gasteiger partial charge in [0.25, 0.3) is 5.89 Å². The predicted molar refractivity (Wildman–Crippen MR) is 71.5 cm³/mol. The first-order valence-electron chi connectivity index (χ1n) is 6.03. The number of aromatic hydroxyl groups is 1. The summed E-state index contributed by atoms with van der Waals surface area (Å²) in [5.74, 6) is 0.324. The van der Waals surface area contributed by atoms with E-state index in [9.17, 15) is 9.50 Å². The molecule has 4 nitrogen and oxygen atoms in total. The van der Waals surface area contributed by atoms with Crippen LogP contribution in [0.1, 0.15) is 5.56 Å². The molecule has 0 bridgehead atoms. The Morgan fingerprint density at radius 1 is 1.10 bits per heavy atom. The van der Waals surface area contributed by atoms with Gasteiger partial charge in [-0.3, -0.25) is 0 Å². The van der Waals surface area contributed by atoms with E-state index in [2.05, 4.69) is 10.1 Å². The van der Waals surface area contributed by atoms with Gasteiger partial charge in [-0.2, -0.15) is 4.98 Å². The Kier molecular flexibility index (Phi) is 2.95. The van der Waals surface area contributed by atoms with E-state index in [1.54, 1.807) is 30.3 Å². The molecule has 3 aromatic rings. The fourth-order valence-electron chi connectivity index (χ4n) is 1.87. The van der Waals surface area contributed by atoms with E-state index in [1.165, 1.54) is 12.1 Å². The number of halogens is 1. The Hall–Kier alpha value is -2.69. The molecule has 0 saturated heterocycles. The van der Waals surface area contributed by atoms with Crippen LogP contribution in [-0.4, -0.2) is 15.2 Å². The molecule has 0 fully saturated rings. The number of nitrogens with zero attached hydrogens (tertiary/aromatic N) is 2. The maximum absolute atomic E-state index is 12.9. The molecule has 0 aliphatic heterocycles. The standard InChI is InChI=1S/C15H11FN2O2/c1-9-2-7-13(19)12(8-9)15-17-14(18-20-15)10-3-5-11(16)6-4-10/h2-8,19H,1H3. The Balaban J connectivity index is 2.01. The number of aromatic nitrogens is 2. The van der Waals surface area contributed by atoms with E-state index in [0.29, 0.717) is 17.0 Å². The van der Waals surface area contributed by atoms with Crippen molar-refractivity contribution >= 4 is 0 Å². The minimum atomic E-state index is -0.325. The van der Waals surface area contributed by atoms with E-state index in [4.69, 9.17) is 4.52 Å². The molecule has 3 rings (SSSR count). The highest BCUT2D eigenvalue weighted by Gasteiger charge is 2.14. The van der Waals surface area contributed by atoms with Crippen LogP contribution in [0.2, 0.25) is 0 Å². The van der Waals surface area contributed by atoms with Gasteiger partial charge in [-0.25, -0.2) is 4.39 Å². The smallest absolute Gasteiger partial charge is 0.262 e. The Bertz CT molecular complexity index is 751. The lowest BCUT2D eigenvalue weighted by Crippen LogP contribution is -1.83. The molecule has 100 valence electrons. The number of benzene rings is 2. The van der Waals surface area contributed by atoms with Crippen LogP contribution in [-0.2, 0) is 0 Å². The average Bonchev–Trinajstić information content (AvgIpc) is 2.92. The zero-order valence-electron chi connectivity index (χ0n) is 10.7. The molecule has 0 atom stereocenters. The largest absolute Gasteiger partial charge is 0.507 e. The van der Waals surface area contributed by atoms with Crippen LogP contribution >= 0.6 is 0 Å². The molecule has 0 spiro atoms. The van der Waals surface area contributed by atoms with Crippen LogP contribution in [0.5, 0.6) is 5.75 Å². The fourth-order valence-corrected chi connectivity index (χ4v) is 1.87. The predicted octanol–water partition coefficient (Wildman–Crippen LogP) is 3.56. The number of aryl methyl sites for hydroxylation is 1. The van der Waals surface area contributed by atoms with Crippen molar-refractivity contribution in [1.29, 1.82) is 0 Å². The molecule has 0 unspecified atom stereocenters. The monoisotopic (exact) mass is 270 g/mol. The lowest BCUT2D eigenvalue weighted by Gasteiger charge is -2.00. The van der Waals surface area contributed by atoms with Crippen LogP contribution in [0.25, 0.3) is 22.8 Å². The van der Waals surface area contributed by atoms with Crippen LogP contribution in [0.4, 0.5) is 4.39 Å². The first-order valence-corrected chi connectivity index (χ1v) is 6.03. The summed E-state index contributed by atoms with van der Waals surface area (Å²) in [4.78, 5) is 4.22. The molecule has 0 aliphatic carbocycles. The van der Waals surface area contributed by atoms with Gasteiger partial charge < -0.3 is 9.63 Å². The van der Waals surface area contributed by atoms with Gasteiger partial charge in [-0.15, -0.1) is 0 Å². The van der Waals surface area contributed by atoms with E-state index in [-0.39, 0.29) is 17.5 Å². The first-order chi connectivity index (χ1) is 9.63. The van der Waals surface area contributed by atoms with Crippen LogP contribution in [0, 0.1) is 12.7 Å². The molecule has 0 saturated carbocycles. The van der Waals surface area contributed by atoms with Crippen LogP contribution in [0.3, 0.4) is 0 Å². The Morgan fingerprint density at radius 2 is 1.85 bits per heavy atom. The molecule has 2 aromatic carbocycles. The molecule has 1 N–H and O–H groups in total. The van der Waals surface area contributed by atoms with Crippen molar-refractivity contribution in [2.45, 2.75) is 6.92 Å². The van der Waals surface area contributed by atoms with Crippen molar-refractivity contribution in [2.24, 2.45) is 0 Å². The normalized spacial score (nSPS) is 10.7. The van der Waals surface area contributed by atoms with Crippen LogP contribution in [0.15, 0.2) is 47.0 Å². The molecule has 0 amide bonds. The number of rotatable bonds is 2. The highest BCUT2D eigenvalue weighted by Crippen LogP contribution is 2.30. The highest BCUT2D eigenvalue weighted by atomic mass is 19.1. The second-order valence-electron chi connectivity index (χ2n) is 4.45. The summed E-state index contributed by atoms with van der Waals surface area (Å²) < 4.78 is 18.0. The highest BCUT2D eigenvalue weighted by molar-refractivity contribution is 5.65. The summed E-state index contributed by atoms with van der Waals surface area (Å²) >= 11 is 0. The van der Waals surface area contributed by atoms with Gasteiger partial charge in [0.2, 0.25) is 5.82 Å². The van der Waals surface area contributed by atoms with Gasteiger partial charge in [0.05, 0.1) is 5.56 Å². The lowest BCUT2D eigenvalue weighted by atomic mass is 10.1. The third-order valence-corrected chi connectivity index (χ3v) is 2.91. The van der Waals surface area contributed by atoms with Crippen molar-refractivity contribution in [2.75, 3.05) is 0 Å². The molecular weight excluding hydrogens is 259 g/mol. The van der Waals surface area contributed by atoms with E-state index in [0.717, 1.165) is 5.56 Å².